The van der Waals surface area contributed by atoms with Crippen LogP contribution in [0.4, 0.5) is 0 Å². The molecule has 2 heterocycles. The van der Waals surface area contributed by atoms with E-state index in [2.05, 4.69) is 134 Å². The van der Waals surface area contributed by atoms with Gasteiger partial charge in [-0.25, -0.2) is 9.97 Å². The molecule has 0 unspecified atom stereocenters. The largest absolute Gasteiger partial charge is 0.227 e. The summed E-state index contributed by atoms with van der Waals surface area (Å²) in [5.74, 6) is 0.777. The molecule has 1 aromatic heterocycles. The normalized spacial score (nSPS) is 14.4. The first-order valence-electron chi connectivity index (χ1n) is 13.2. The Morgan fingerprint density at radius 3 is 1.69 bits per heavy atom. The van der Waals surface area contributed by atoms with Gasteiger partial charge in [-0.1, -0.05) is 109 Å². The summed E-state index contributed by atoms with van der Waals surface area (Å²) in [4.78, 5) is 13.3. The molecule has 39 heavy (non-hydrogen) atoms. The fourth-order valence-corrected chi connectivity index (χ4v) is 8.94. The van der Waals surface area contributed by atoms with Gasteiger partial charge >= 0.3 is 0 Å². The molecule has 186 valence electrons. The lowest BCUT2D eigenvalue weighted by Crippen LogP contribution is -2.01. The number of fused-ring (bicyclic) bond motifs is 9. The van der Waals surface area contributed by atoms with Gasteiger partial charge in [-0.05, 0) is 57.0 Å². The van der Waals surface area contributed by atoms with Gasteiger partial charge in [-0.15, -0.1) is 0 Å². The monoisotopic (exact) mass is 518 g/mol. The van der Waals surface area contributed by atoms with Gasteiger partial charge in [0.25, 0.3) is 0 Å². The van der Waals surface area contributed by atoms with Gasteiger partial charge in [0.15, 0.2) is 5.82 Å². The van der Waals surface area contributed by atoms with Crippen molar-refractivity contribution in [1.82, 2.24) is 9.97 Å². The lowest BCUT2D eigenvalue weighted by molar-refractivity contribution is 1.13. The van der Waals surface area contributed by atoms with Crippen molar-refractivity contribution >= 4 is 42.3 Å². The standard InChI is InChI=1S/C36H26N2S/c1-39(2)32-19-11-10-18-30(32)34-35(39)33(23-12-4-3-5-13-23)37-36(38-34)24-20-21-29-27-16-7-6-14-25(27)26-15-8-9-17-28(26)31(29)22-24/h3-22H,1-2H3. The Hall–Kier alpha value is -4.47. The Balaban J connectivity index is 1.45. The number of rotatable bonds is 2. The predicted molar refractivity (Wildman–Crippen MR) is 167 cm³/mol. The molecule has 0 bridgehead atoms. The molecule has 0 fully saturated rings. The van der Waals surface area contributed by atoms with E-state index in [0.29, 0.717) is 0 Å². The Bertz CT molecular complexity index is 2060. The number of aromatic nitrogens is 2. The summed E-state index contributed by atoms with van der Waals surface area (Å²) in [6, 6.07) is 43.5. The predicted octanol–water partition coefficient (Wildman–Crippen LogP) is 9.73. The molecule has 2 nitrogen and oxygen atoms in total. The lowest BCUT2D eigenvalue weighted by Gasteiger charge is -2.29. The zero-order valence-corrected chi connectivity index (χ0v) is 22.7. The van der Waals surface area contributed by atoms with Crippen molar-refractivity contribution in [2.75, 3.05) is 12.5 Å². The first kappa shape index (κ1) is 22.5. The van der Waals surface area contributed by atoms with E-state index in [4.69, 9.17) is 9.97 Å². The Kier molecular flexibility index (Phi) is 4.77. The SMILES string of the molecule is CS1(C)c2ccccc2-c2nc(-c3ccc4c5ccccc5c5ccccc5c4c3)nc(-c3ccccc3)c21. The molecule has 6 aromatic carbocycles. The highest BCUT2D eigenvalue weighted by atomic mass is 32.3. The molecule has 3 heteroatoms. The van der Waals surface area contributed by atoms with Crippen molar-refractivity contribution in [2.45, 2.75) is 9.79 Å². The molecular weight excluding hydrogens is 492 g/mol. The van der Waals surface area contributed by atoms with Crippen LogP contribution in [-0.2, 0) is 0 Å². The fourth-order valence-electron chi connectivity index (χ4n) is 6.30. The second-order valence-corrected chi connectivity index (χ2v) is 14.1. The van der Waals surface area contributed by atoms with E-state index in [0.717, 1.165) is 28.3 Å². The van der Waals surface area contributed by atoms with Crippen LogP contribution in [-0.4, -0.2) is 22.5 Å². The fraction of sp³-hybridized carbons (Fsp3) is 0.0556. The maximum absolute atomic E-state index is 5.32. The maximum Gasteiger partial charge on any atom is 0.160 e. The van der Waals surface area contributed by atoms with Crippen LogP contribution in [0, 0.1) is 0 Å². The number of nitrogens with zero attached hydrogens (tertiary/aromatic N) is 2. The zero-order chi connectivity index (χ0) is 26.1. The molecule has 1 aliphatic rings. The summed E-state index contributed by atoms with van der Waals surface area (Å²) in [5.41, 5.74) is 5.56. The molecule has 0 spiro atoms. The van der Waals surface area contributed by atoms with Crippen LogP contribution in [0.5, 0.6) is 0 Å². The number of benzene rings is 6. The molecule has 0 atom stereocenters. The summed E-state index contributed by atoms with van der Waals surface area (Å²) in [5, 5.41) is 7.59. The van der Waals surface area contributed by atoms with Crippen molar-refractivity contribution in [1.29, 1.82) is 0 Å². The number of hydrogen-bond donors (Lipinski definition) is 0. The van der Waals surface area contributed by atoms with Crippen molar-refractivity contribution in [3.63, 3.8) is 0 Å². The summed E-state index contributed by atoms with van der Waals surface area (Å²) in [6.07, 6.45) is 4.75. The Labute approximate surface area is 229 Å². The molecule has 0 amide bonds. The van der Waals surface area contributed by atoms with Crippen LogP contribution >= 0.6 is 10.0 Å². The molecule has 0 aliphatic carbocycles. The second-order valence-electron chi connectivity index (χ2n) is 10.6. The molecule has 1 aliphatic heterocycles. The van der Waals surface area contributed by atoms with Crippen molar-refractivity contribution < 1.29 is 0 Å². The average Bonchev–Trinajstić information content (AvgIpc) is 3.23. The maximum atomic E-state index is 5.32. The first-order valence-corrected chi connectivity index (χ1v) is 15.7. The van der Waals surface area contributed by atoms with Gasteiger partial charge in [-0.2, -0.15) is 10.0 Å². The minimum atomic E-state index is -1.26. The molecule has 0 radical (unpaired) electrons. The third-order valence-corrected chi connectivity index (χ3v) is 11.0. The Morgan fingerprint density at radius 2 is 1.00 bits per heavy atom. The van der Waals surface area contributed by atoms with E-state index in [1.54, 1.807) is 0 Å². The topological polar surface area (TPSA) is 25.8 Å². The van der Waals surface area contributed by atoms with Gasteiger partial charge in [0.05, 0.1) is 11.4 Å². The molecule has 0 saturated carbocycles. The zero-order valence-electron chi connectivity index (χ0n) is 21.8. The average molecular weight is 519 g/mol. The van der Waals surface area contributed by atoms with Crippen LogP contribution in [0.15, 0.2) is 131 Å². The minimum Gasteiger partial charge on any atom is -0.227 e. The second kappa shape index (κ2) is 8.26. The molecule has 0 saturated heterocycles. The smallest absolute Gasteiger partial charge is 0.160 e. The number of hydrogen-bond acceptors (Lipinski definition) is 2. The third-order valence-electron chi connectivity index (χ3n) is 8.12. The van der Waals surface area contributed by atoms with Crippen LogP contribution in [0.2, 0.25) is 0 Å². The van der Waals surface area contributed by atoms with Crippen molar-refractivity contribution in [3.05, 3.63) is 121 Å². The lowest BCUT2D eigenvalue weighted by atomic mass is 9.93. The summed E-state index contributed by atoms with van der Waals surface area (Å²) in [7, 11) is -1.26. The van der Waals surface area contributed by atoms with E-state index in [1.807, 2.05) is 0 Å². The van der Waals surface area contributed by atoms with E-state index in [9.17, 15) is 0 Å². The van der Waals surface area contributed by atoms with E-state index in [1.165, 1.54) is 47.7 Å². The highest BCUT2D eigenvalue weighted by molar-refractivity contribution is 8.33. The molecule has 8 rings (SSSR count). The van der Waals surface area contributed by atoms with Gasteiger partial charge < -0.3 is 0 Å². The summed E-state index contributed by atoms with van der Waals surface area (Å²) >= 11 is 0. The first-order chi connectivity index (χ1) is 19.1. The van der Waals surface area contributed by atoms with E-state index >= 15 is 0 Å². The van der Waals surface area contributed by atoms with Crippen molar-refractivity contribution in [2.24, 2.45) is 0 Å². The van der Waals surface area contributed by atoms with Crippen LogP contribution in [0.1, 0.15) is 0 Å². The van der Waals surface area contributed by atoms with Crippen molar-refractivity contribution in [3.8, 4) is 33.9 Å². The summed E-state index contributed by atoms with van der Waals surface area (Å²) < 4.78 is 0. The highest BCUT2D eigenvalue weighted by Crippen LogP contribution is 2.68. The van der Waals surface area contributed by atoms with Crippen LogP contribution in [0.3, 0.4) is 0 Å². The quantitative estimate of drug-likeness (QED) is 0.213. The van der Waals surface area contributed by atoms with E-state index < -0.39 is 10.0 Å². The van der Waals surface area contributed by atoms with Gasteiger partial charge in [0, 0.05) is 26.5 Å². The molecular formula is C36H26N2S. The third kappa shape index (κ3) is 3.23. The van der Waals surface area contributed by atoms with E-state index in [-0.39, 0.29) is 0 Å². The van der Waals surface area contributed by atoms with Crippen LogP contribution < -0.4 is 0 Å². The summed E-state index contributed by atoms with van der Waals surface area (Å²) in [6.45, 7) is 0. The minimum absolute atomic E-state index is 0.777. The highest BCUT2D eigenvalue weighted by Gasteiger charge is 2.36. The molecule has 7 aromatic rings. The van der Waals surface area contributed by atoms with Gasteiger partial charge in [0.1, 0.15) is 0 Å². The van der Waals surface area contributed by atoms with Gasteiger partial charge in [0.2, 0.25) is 0 Å². The van der Waals surface area contributed by atoms with Gasteiger partial charge in [-0.3, -0.25) is 0 Å². The Morgan fingerprint density at radius 1 is 0.462 bits per heavy atom. The van der Waals surface area contributed by atoms with Crippen LogP contribution in [0.25, 0.3) is 66.2 Å². The molecule has 0 N–H and O–H groups in total.